The van der Waals surface area contributed by atoms with Gasteiger partial charge in [-0.1, -0.05) is 121 Å². The topological polar surface area (TPSA) is 104 Å². The third kappa shape index (κ3) is 8.79. The maximum atomic E-state index is 13.4. The number of rotatable bonds is 16. The minimum atomic E-state index is -1.42. The van der Waals surface area contributed by atoms with Crippen LogP contribution in [-0.4, -0.2) is 27.7 Å². The number of hydrogen-bond acceptors (Lipinski definition) is 8. The standard InChI is InChI=1S/C43H40O8/c1-30(44)40(46)39-36(45)23-35(47-26-31-15-7-3-8-16-31)24-37(39)51-43(2)25-38(48-27-32-17-9-4-10-18-32)41(49-28-33-19-11-5-12-20-33)42(43)50-29-34-21-13-6-14-22-34/h3-25,30,44-45H,26-29H2,1-2H3. The van der Waals surface area contributed by atoms with E-state index in [0.717, 1.165) is 22.3 Å². The maximum absolute atomic E-state index is 13.4. The second kappa shape index (κ2) is 16.1. The monoisotopic (exact) mass is 684 g/mol. The van der Waals surface area contributed by atoms with Gasteiger partial charge in [0, 0.05) is 18.2 Å². The van der Waals surface area contributed by atoms with Crippen molar-refractivity contribution in [3.05, 3.63) is 185 Å². The van der Waals surface area contributed by atoms with Crippen molar-refractivity contribution in [3.63, 3.8) is 0 Å². The Morgan fingerprint density at radius 2 is 1.10 bits per heavy atom. The summed E-state index contributed by atoms with van der Waals surface area (Å²) in [6.45, 7) is 3.94. The molecule has 8 heteroatoms. The van der Waals surface area contributed by atoms with Crippen molar-refractivity contribution in [3.8, 4) is 17.2 Å². The lowest BCUT2D eigenvalue weighted by atomic mass is 10.0. The number of phenols is 1. The van der Waals surface area contributed by atoms with Crippen molar-refractivity contribution in [2.75, 3.05) is 0 Å². The van der Waals surface area contributed by atoms with Crippen LogP contribution in [0.5, 0.6) is 17.2 Å². The van der Waals surface area contributed by atoms with E-state index in [9.17, 15) is 15.0 Å². The Balaban J connectivity index is 1.41. The summed E-state index contributed by atoms with van der Waals surface area (Å²) in [4.78, 5) is 13.4. The van der Waals surface area contributed by atoms with Gasteiger partial charge in [0.2, 0.25) is 5.76 Å². The predicted octanol–water partition coefficient (Wildman–Crippen LogP) is 8.43. The molecule has 2 unspecified atom stereocenters. The van der Waals surface area contributed by atoms with E-state index in [2.05, 4.69) is 0 Å². The van der Waals surface area contributed by atoms with Crippen LogP contribution in [0.15, 0.2) is 157 Å². The first-order valence-corrected chi connectivity index (χ1v) is 16.7. The number of ether oxygens (including phenoxy) is 5. The molecule has 2 N–H and O–H groups in total. The minimum absolute atomic E-state index is 0.0183. The number of phenolic OH excluding ortho intramolecular Hbond substituents is 1. The molecule has 5 aromatic carbocycles. The molecule has 0 spiro atoms. The fraction of sp³-hybridized carbons (Fsp3) is 0.186. The van der Waals surface area contributed by atoms with Crippen molar-refractivity contribution in [2.45, 2.75) is 52.0 Å². The Hall–Kier alpha value is -5.99. The van der Waals surface area contributed by atoms with Gasteiger partial charge in [-0.05, 0) is 36.1 Å². The van der Waals surface area contributed by atoms with Crippen molar-refractivity contribution in [1.82, 2.24) is 0 Å². The van der Waals surface area contributed by atoms with Crippen LogP contribution < -0.4 is 9.47 Å². The minimum Gasteiger partial charge on any atom is -0.507 e. The van der Waals surface area contributed by atoms with E-state index >= 15 is 0 Å². The Kier molecular flexibility index (Phi) is 11.0. The zero-order valence-corrected chi connectivity index (χ0v) is 28.5. The first-order chi connectivity index (χ1) is 24.8. The molecule has 0 saturated heterocycles. The average Bonchev–Trinajstić information content (AvgIpc) is 3.41. The first kappa shape index (κ1) is 34.9. The van der Waals surface area contributed by atoms with Crippen molar-refractivity contribution in [2.24, 2.45) is 0 Å². The number of ketones is 1. The number of Topliss-reactive ketones (excluding diaryl/α,β-unsaturated/α-hetero) is 1. The fourth-order valence-electron chi connectivity index (χ4n) is 5.61. The summed E-state index contributed by atoms with van der Waals surface area (Å²) < 4.78 is 32.2. The highest BCUT2D eigenvalue weighted by Gasteiger charge is 2.44. The number of aromatic hydroxyl groups is 1. The Morgan fingerprint density at radius 3 is 1.59 bits per heavy atom. The number of aliphatic hydroxyl groups is 1. The molecular formula is C43H40O8. The third-order valence-corrected chi connectivity index (χ3v) is 8.23. The maximum Gasteiger partial charge on any atom is 0.204 e. The fourth-order valence-corrected chi connectivity index (χ4v) is 5.61. The summed E-state index contributed by atoms with van der Waals surface area (Å²) in [6, 6.07) is 41.6. The highest BCUT2D eigenvalue weighted by molar-refractivity contribution is 6.04. The van der Waals surface area contributed by atoms with Gasteiger partial charge in [0.25, 0.3) is 0 Å². The van der Waals surface area contributed by atoms with Gasteiger partial charge >= 0.3 is 0 Å². The summed E-state index contributed by atoms with van der Waals surface area (Å²) in [6.07, 6.45) is 0.321. The molecular weight excluding hydrogens is 644 g/mol. The summed E-state index contributed by atoms with van der Waals surface area (Å²) in [5, 5.41) is 21.5. The van der Waals surface area contributed by atoms with E-state index in [4.69, 9.17) is 23.7 Å². The average molecular weight is 685 g/mol. The molecule has 6 rings (SSSR count). The molecule has 1 aliphatic carbocycles. The molecule has 0 fully saturated rings. The van der Waals surface area contributed by atoms with Crippen LogP contribution in [0.1, 0.15) is 46.5 Å². The van der Waals surface area contributed by atoms with Crippen LogP contribution in [0, 0.1) is 0 Å². The molecule has 0 amide bonds. The molecule has 2 atom stereocenters. The van der Waals surface area contributed by atoms with Crippen LogP contribution in [0.3, 0.4) is 0 Å². The summed E-state index contributed by atoms with van der Waals surface area (Å²) in [7, 11) is 0. The van der Waals surface area contributed by atoms with Crippen molar-refractivity contribution in [1.29, 1.82) is 0 Å². The first-order valence-electron chi connectivity index (χ1n) is 16.7. The van der Waals surface area contributed by atoms with Crippen LogP contribution in [0.25, 0.3) is 0 Å². The molecule has 0 heterocycles. The van der Waals surface area contributed by atoms with Gasteiger partial charge in [0.05, 0.1) is 0 Å². The molecule has 260 valence electrons. The Bertz CT molecular complexity index is 1970. The Morgan fingerprint density at radius 1 is 0.647 bits per heavy atom. The summed E-state index contributed by atoms with van der Waals surface area (Å²) in [5.74, 6) is 0.132. The third-order valence-electron chi connectivity index (χ3n) is 8.23. The molecule has 1 aliphatic rings. The highest BCUT2D eigenvalue weighted by Crippen LogP contribution is 2.44. The summed E-state index contributed by atoms with van der Waals surface area (Å²) in [5.41, 5.74) is 2.09. The van der Waals surface area contributed by atoms with E-state index < -0.39 is 23.2 Å². The predicted molar refractivity (Wildman–Crippen MR) is 193 cm³/mol. The van der Waals surface area contributed by atoms with E-state index in [1.54, 1.807) is 13.0 Å². The van der Waals surface area contributed by atoms with Gasteiger partial charge in [-0.3, -0.25) is 4.79 Å². The number of carbonyl (C=O) groups excluding carboxylic acids is 1. The van der Waals surface area contributed by atoms with Crippen LogP contribution in [0.4, 0.5) is 0 Å². The quantitative estimate of drug-likeness (QED) is 0.0999. The van der Waals surface area contributed by atoms with Gasteiger partial charge in [-0.2, -0.15) is 0 Å². The lowest BCUT2D eigenvalue weighted by Gasteiger charge is -2.29. The number of benzene rings is 5. The van der Waals surface area contributed by atoms with E-state index in [-0.39, 0.29) is 43.5 Å². The number of aliphatic hydroxyl groups excluding tert-OH is 1. The van der Waals surface area contributed by atoms with Gasteiger partial charge in [-0.25, -0.2) is 0 Å². The summed E-state index contributed by atoms with van der Waals surface area (Å²) >= 11 is 0. The molecule has 0 radical (unpaired) electrons. The smallest absolute Gasteiger partial charge is 0.204 e. The Labute approximate surface area is 297 Å². The van der Waals surface area contributed by atoms with Crippen LogP contribution >= 0.6 is 0 Å². The lowest BCUT2D eigenvalue weighted by molar-refractivity contribution is 0.0560. The van der Waals surface area contributed by atoms with Crippen LogP contribution in [0.2, 0.25) is 0 Å². The molecule has 5 aromatic rings. The van der Waals surface area contributed by atoms with Gasteiger partial charge in [0.15, 0.2) is 22.9 Å². The second-order valence-electron chi connectivity index (χ2n) is 12.3. The van der Waals surface area contributed by atoms with E-state index in [1.807, 2.05) is 121 Å². The van der Waals surface area contributed by atoms with Gasteiger partial charge in [-0.15, -0.1) is 0 Å². The molecule has 8 nitrogen and oxygen atoms in total. The number of hydrogen-bond donors (Lipinski definition) is 2. The van der Waals surface area contributed by atoms with E-state index in [1.165, 1.54) is 19.1 Å². The second-order valence-corrected chi connectivity index (χ2v) is 12.3. The molecule has 0 aromatic heterocycles. The normalized spacial score (nSPS) is 15.9. The highest BCUT2D eigenvalue weighted by atomic mass is 16.6. The lowest BCUT2D eigenvalue weighted by Crippen LogP contribution is -2.33. The zero-order chi connectivity index (χ0) is 35.6. The van der Waals surface area contributed by atoms with E-state index in [0.29, 0.717) is 17.3 Å². The largest absolute Gasteiger partial charge is 0.507 e. The molecule has 0 bridgehead atoms. The van der Waals surface area contributed by atoms with Crippen molar-refractivity contribution >= 4 is 5.78 Å². The van der Waals surface area contributed by atoms with Gasteiger partial charge in [0.1, 0.15) is 55.3 Å². The SMILES string of the molecule is CC(O)C(=O)c1c(O)cc(OCc2ccccc2)cc1OC1(C)C=C(OCc2ccccc2)C(OCc2ccccc2)=C1OCc1ccccc1. The van der Waals surface area contributed by atoms with Crippen molar-refractivity contribution < 1.29 is 38.7 Å². The van der Waals surface area contributed by atoms with Gasteiger partial charge < -0.3 is 33.9 Å². The molecule has 0 saturated carbocycles. The molecule has 51 heavy (non-hydrogen) atoms. The number of carbonyl (C=O) groups is 1. The van der Waals surface area contributed by atoms with Crippen LogP contribution in [-0.2, 0) is 40.6 Å². The zero-order valence-electron chi connectivity index (χ0n) is 28.5. The molecule has 0 aliphatic heterocycles.